The molecule has 0 spiro atoms. The molecule has 2 heterocycles. The van der Waals surface area contributed by atoms with Crippen LogP contribution in [-0.2, 0) is 9.47 Å². The number of ether oxygens (including phenoxy) is 2. The zero-order valence-electron chi connectivity index (χ0n) is 13.2. The summed E-state index contributed by atoms with van der Waals surface area (Å²) in [4.78, 5) is 0. The first kappa shape index (κ1) is 16.7. The van der Waals surface area contributed by atoms with E-state index < -0.39 is 0 Å². The van der Waals surface area contributed by atoms with Crippen molar-refractivity contribution >= 4 is 0 Å². The van der Waals surface area contributed by atoms with E-state index >= 15 is 0 Å². The molecule has 2 aliphatic rings. The average molecular weight is 298 g/mol. The van der Waals surface area contributed by atoms with Crippen LogP contribution in [0.5, 0.6) is 0 Å². The van der Waals surface area contributed by atoms with Crippen molar-refractivity contribution in [1.82, 2.24) is 0 Å². The minimum Gasteiger partial charge on any atom is -0.381 e. The van der Waals surface area contributed by atoms with Gasteiger partial charge in [-0.2, -0.15) is 0 Å². The lowest BCUT2D eigenvalue weighted by molar-refractivity contribution is 0.198. The molecule has 2 fully saturated rings. The van der Waals surface area contributed by atoms with Gasteiger partial charge in [0, 0.05) is 26.4 Å². The zero-order valence-corrected chi connectivity index (χ0v) is 13.2. The monoisotopic (exact) mass is 298 g/mol. The van der Waals surface area contributed by atoms with Crippen molar-refractivity contribution in [2.45, 2.75) is 25.7 Å². The summed E-state index contributed by atoms with van der Waals surface area (Å²) in [6, 6.07) is 20.8. The van der Waals surface area contributed by atoms with E-state index in [2.05, 4.69) is 48.5 Å². The quantitative estimate of drug-likeness (QED) is 0.742. The second-order valence-corrected chi connectivity index (χ2v) is 5.37. The van der Waals surface area contributed by atoms with Crippen LogP contribution in [0.1, 0.15) is 25.7 Å². The first-order valence-corrected chi connectivity index (χ1v) is 8.23. The summed E-state index contributed by atoms with van der Waals surface area (Å²) in [6.07, 6.45) is 5.11. The molecule has 0 radical (unpaired) electrons. The standard InChI is InChI=1S/C12H10.2C4H8O/c1-3-7-11(8-4-1)12-9-5-2-6-10-12;2*1-2-4-5-3-1/h1-10H;2*1-4H2. The minimum atomic E-state index is 1.00. The molecule has 2 nitrogen and oxygen atoms in total. The van der Waals surface area contributed by atoms with Gasteiger partial charge in [-0.25, -0.2) is 0 Å². The van der Waals surface area contributed by atoms with E-state index in [0.29, 0.717) is 0 Å². The molecule has 2 aromatic rings. The predicted molar refractivity (Wildman–Crippen MR) is 92.0 cm³/mol. The van der Waals surface area contributed by atoms with Gasteiger partial charge in [-0.1, -0.05) is 60.7 Å². The van der Waals surface area contributed by atoms with E-state index in [4.69, 9.17) is 9.47 Å². The van der Waals surface area contributed by atoms with Crippen LogP contribution in [0, 0.1) is 0 Å². The smallest absolute Gasteiger partial charge is 0.0466 e. The van der Waals surface area contributed by atoms with Gasteiger partial charge in [0.05, 0.1) is 0 Å². The van der Waals surface area contributed by atoms with Gasteiger partial charge in [-0.05, 0) is 36.8 Å². The molecule has 0 saturated carbocycles. The summed E-state index contributed by atoms with van der Waals surface area (Å²) < 4.78 is 9.89. The summed E-state index contributed by atoms with van der Waals surface area (Å²) in [5, 5.41) is 0. The molecule has 0 bridgehead atoms. The van der Waals surface area contributed by atoms with Crippen LogP contribution in [-0.4, -0.2) is 26.4 Å². The number of rotatable bonds is 1. The Kier molecular flexibility index (Phi) is 8.36. The van der Waals surface area contributed by atoms with Gasteiger partial charge in [0.2, 0.25) is 0 Å². The summed E-state index contributed by atoms with van der Waals surface area (Å²) in [5.41, 5.74) is 2.55. The minimum absolute atomic E-state index is 1.00. The summed E-state index contributed by atoms with van der Waals surface area (Å²) >= 11 is 0. The molecule has 2 heteroatoms. The zero-order chi connectivity index (χ0) is 15.3. The van der Waals surface area contributed by atoms with Crippen LogP contribution in [0.3, 0.4) is 0 Å². The SMILES string of the molecule is C1CCOC1.C1CCOC1.c1ccc(-c2ccccc2)cc1. The number of hydrogen-bond acceptors (Lipinski definition) is 2. The third-order valence-electron chi connectivity index (χ3n) is 3.54. The maximum atomic E-state index is 4.94. The molecular weight excluding hydrogens is 272 g/mol. The second kappa shape index (κ2) is 11.0. The van der Waals surface area contributed by atoms with E-state index in [0.717, 1.165) is 26.4 Å². The highest BCUT2D eigenvalue weighted by molar-refractivity contribution is 5.62. The normalized spacial score (nSPS) is 16.2. The molecule has 2 aromatic carbocycles. The average Bonchev–Trinajstić information content (AvgIpc) is 3.34. The molecule has 2 aliphatic heterocycles. The Labute approximate surface area is 134 Å². The lowest BCUT2D eigenvalue weighted by atomic mass is 10.1. The van der Waals surface area contributed by atoms with Crippen LogP contribution >= 0.6 is 0 Å². The largest absolute Gasteiger partial charge is 0.381 e. The number of hydrogen-bond donors (Lipinski definition) is 0. The van der Waals surface area contributed by atoms with E-state index in [-0.39, 0.29) is 0 Å². The summed E-state index contributed by atoms with van der Waals surface area (Å²) in [5.74, 6) is 0. The van der Waals surface area contributed by atoms with Crippen LogP contribution in [0.25, 0.3) is 11.1 Å². The Morgan fingerprint density at radius 2 is 0.773 bits per heavy atom. The molecule has 0 aliphatic carbocycles. The van der Waals surface area contributed by atoms with Gasteiger partial charge < -0.3 is 9.47 Å². The Morgan fingerprint density at radius 3 is 1.00 bits per heavy atom. The van der Waals surface area contributed by atoms with Gasteiger partial charge in [-0.3, -0.25) is 0 Å². The topological polar surface area (TPSA) is 18.5 Å². The van der Waals surface area contributed by atoms with Crippen LogP contribution in [0.4, 0.5) is 0 Å². The van der Waals surface area contributed by atoms with E-state index in [1.807, 2.05) is 12.1 Å². The lowest BCUT2D eigenvalue weighted by Crippen LogP contribution is -1.74. The van der Waals surface area contributed by atoms with Crippen LogP contribution < -0.4 is 0 Å². The van der Waals surface area contributed by atoms with Crippen molar-refractivity contribution < 1.29 is 9.47 Å². The Morgan fingerprint density at radius 1 is 0.455 bits per heavy atom. The van der Waals surface area contributed by atoms with Crippen molar-refractivity contribution in [2.24, 2.45) is 0 Å². The number of benzene rings is 2. The van der Waals surface area contributed by atoms with Crippen molar-refractivity contribution in [3.05, 3.63) is 60.7 Å². The molecule has 0 amide bonds. The highest BCUT2D eigenvalue weighted by Gasteiger charge is 1.95. The fraction of sp³-hybridized carbons (Fsp3) is 0.400. The molecular formula is C20H26O2. The molecule has 4 rings (SSSR count). The molecule has 0 N–H and O–H groups in total. The third kappa shape index (κ3) is 6.88. The van der Waals surface area contributed by atoms with Crippen molar-refractivity contribution in [3.63, 3.8) is 0 Å². The van der Waals surface area contributed by atoms with E-state index in [1.165, 1.54) is 36.8 Å². The van der Waals surface area contributed by atoms with E-state index in [1.54, 1.807) is 0 Å². The maximum Gasteiger partial charge on any atom is 0.0466 e. The summed E-state index contributed by atoms with van der Waals surface area (Å²) in [7, 11) is 0. The Hall–Kier alpha value is -1.64. The van der Waals surface area contributed by atoms with Crippen LogP contribution in [0.15, 0.2) is 60.7 Å². The van der Waals surface area contributed by atoms with Gasteiger partial charge in [-0.15, -0.1) is 0 Å². The highest BCUT2D eigenvalue weighted by Crippen LogP contribution is 2.17. The molecule has 118 valence electrons. The Bertz CT molecular complexity index is 411. The first-order chi connectivity index (χ1) is 11.0. The molecule has 22 heavy (non-hydrogen) atoms. The molecule has 0 aromatic heterocycles. The maximum absolute atomic E-state index is 4.94. The van der Waals surface area contributed by atoms with Crippen molar-refractivity contribution in [2.75, 3.05) is 26.4 Å². The Balaban J connectivity index is 0.000000145. The van der Waals surface area contributed by atoms with Gasteiger partial charge in [0.1, 0.15) is 0 Å². The molecule has 0 atom stereocenters. The van der Waals surface area contributed by atoms with Crippen molar-refractivity contribution in [3.8, 4) is 11.1 Å². The fourth-order valence-corrected chi connectivity index (χ4v) is 2.28. The van der Waals surface area contributed by atoms with Gasteiger partial charge >= 0.3 is 0 Å². The highest BCUT2D eigenvalue weighted by atomic mass is 16.5. The van der Waals surface area contributed by atoms with Gasteiger partial charge in [0.25, 0.3) is 0 Å². The third-order valence-corrected chi connectivity index (χ3v) is 3.54. The first-order valence-electron chi connectivity index (χ1n) is 8.23. The van der Waals surface area contributed by atoms with Crippen LogP contribution in [0.2, 0.25) is 0 Å². The van der Waals surface area contributed by atoms with Crippen molar-refractivity contribution in [1.29, 1.82) is 0 Å². The lowest BCUT2D eigenvalue weighted by Gasteiger charge is -1.98. The fourth-order valence-electron chi connectivity index (χ4n) is 2.28. The molecule has 2 saturated heterocycles. The predicted octanol–water partition coefficient (Wildman–Crippen LogP) is 4.95. The second-order valence-electron chi connectivity index (χ2n) is 5.37. The van der Waals surface area contributed by atoms with Gasteiger partial charge in [0.15, 0.2) is 0 Å². The summed E-state index contributed by atoms with van der Waals surface area (Å²) in [6.45, 7) is 4.00. The van der Waals surface area contributed by atoms with E-state index in [9.17, 15) is 0 Å². The molecule has 0 unspecified atom stereocenters.